The van der Waals surface area contributed by atoms with Crippen molar-refractivity contribution in [3.8, 4) is 11.5 Å². The van der Waals surface area contributed by atoms with Crippen molar-refractivity contribution in [1.29, 1.82) is 0 Å². The molecule has 2 aliphatic carbocycles. The molecule has 5 nitrogen and oxygen atoms in total. The van der Waals surface area contributed by atoms with Crippen molar-refractivity contribution in [2.75, 3.05) is 38.8 Å². The Balaban J connectivity index is 1.30. The molecule has 2 saturated carbocycles. The summed E-state index contributed by atoms with van der Waals surface area (Å²) in [6, 6.07) is 5.99. The highest BCUT2D eigenvalue weighted by Crippen LogP contribution is 2.57. The molecule has 5 heteroatoms. The van der Waals surface area contributed by atoms with Gasteiger partial charge in [-0.05, 0) is 37.0 Å². The van der Waals surface area contributed by atoms with Crippen molar-refractivity contribution in [3.05, 3.63) is 18.2 Å². The van der Waals surface area contributed by atoms with E-state index in [1.807, 2.05) is 6.07 Å². The molecule has 4 rings (SSSR count). The van der Waals surface area contributed by atoms with E-state index in [2.05, 4.69) is 22.3 Å². The molecule has 0 spiro atoms. The SMILES string of the molecule is COc1cc(OC)cc(N2CC[C@@H](CNC(=O)C3[C@H]4CCC[C@@H]34)C2)c1. The Hall–Kier alpha value is -1.91. The number of nitrogens with zero attached hydrogens (tertiary/aromatic N) is 1. The summed E-state index contributed by atoms with van der Waals surface area (Å²) in [5, 5.41) is 3.22. The molecule has 3 aliphatic rings. The maximum absolute atomic E-state index is 12.3. The minimum atomic E-state index is 0.302. The van der Waals surface area contributed by atoms with E-state index >= 15 is 0 Å². The first-order valence-electron chi connectivity index (χ1n) is 9.45. The lowest BCUT2D eigenvalue weighted by Crippen LogP contribution is -2.32. The van der Waals surface area contributed by atoms with Gasteiger partial charge in [-0.3, -0.25) is 4.79 Å². The predicted octanol–water partition coefficient (Wildman–Crippen LogP) is 2.69. The van der Waals surface area contributed by atoms with Crippen LogP contribution in [0.3, 0.4) is 0 Å². The molecule has 136 valence electrons. The second-order valence-electron chi connectivity index (χ2n) is 7.70. The van der Waals surface area contributed by atoms with E-state index in [-0.39, 0.29) is 0 Å². The number of nitrogens with one attached hydrogen (secondary N) is 1. The van der Waals surface area contributed by atoms with E-state index in [4.69, 9.17) is 9.47 Å². The Morgan fingerprint density at radius 3 is 2.44 bits per heavy atom. The van der Waals surface area contributed by atoms with Gasteiger partial charge in [0.15, 0.2) is 0 Å². The predicted molar refractivity (Wildman–Crippen MR) is 97.2 cm³/mol. The summed E-state index contributed by atoms with van der Waals surface area (Å²) < 4.78 is 10.7. The van der Waals surface area contributed by atoms with Gasteiger partial charge in [0.05, 0.1) is 14.2 Å². The van der Waals surface area contributed by atoms with Crippen LogP contribution in [0.15, 0.2) is 18.2 Å². The Labute approximate surface area is 149 Å². The Morgan fingerprint density at radius 2 is 1.80 bits per heavy atom. The third kappa shape index (κ3) is 3.29. The fourth-order valence-electron chi connectivity index (χ4n) is 4.78. The molecule has 4 atom stereocenters. The van der Waals surface area contributed by atoms with Gasteiger partial charge in [0.25, 0.3) is 0 Å². The van der Waals surface area contributed by atoms with Crippen molar-refractivity contribution < 1.29 is 14.3 Å². The average Bonchev–Trinajstić information content (AvgIpc) is 3.01. The minimum absolute atomic E-state index is 0.302. The number of carbonyl (C=O) groups excluding carboxylic acids is 1. The van der Waals surface area contributed by atoms with Crippen molar-refractivity contribution in [1.82, 2.24) is 5.32 Å². The van der Waals surface area contributed by atoms with E-state index in [1.165, 1.54) is 19.3 Å². The lowest BCUT2D eigenvalue weighted by molar-refractivity contribution is -0.123. The van der Waals surface area contributed by atoms with E-state index in [9.17, 15) is 4.79 Å². The van der Waals surface area contributed by atoms with Gasteiger partial charge in [-0.1, -0.05) is 6.42 Å². The van der Waals surface area contributed by atoms with E-state index in [1.54, 1.807) is 14.2 Å². The lowest BCUT2D eigenvalue weighted by Gasteiger charge is -2.20. The van der Waals surface area contributed by atoms with Crippen molar-refractivity contribution >= 4 is 11.6 Å². The number of amides is 1. The van der Waals surface area contributed by atoms with Crippen molar-refractivity contribution in [3.63, 3.8) is 0 Å². The molecule has 0 aromatic heterocycles. The zero-order valence-electron chi connectivity index (χ0n) is 15.2. The summed E-state index contributed by atoms with van der Waals surface area (Å²) in [5.74, 6) is 4.16. The van der Waals surface area contributed by atoms with Crippen LogP contribution < -0.4 is 19.7 Å². The summed E-state index contributed by atoms with van der Waals surface area (Å²) >= 11 is 0. The van der Waals surface area contributed by atoms with E-state index < -0.39 is 0 Å². The summed E-state index contributed by atoms with van der Waals surface area (Å²) in [7, 11) is 3.35. The van der Waals surface area contributed by atoms with Crippen LogP contribution in [0.25, 0.3) is 0 Å². The number of hydrogen-bond acceptors (Lipinski definition) is 4. The van der Waals surface area contributed by atoms with Crippen LogP contribution in [0.4, 0.5) is 5.69 Å². The minimum Gasteiger partial charge on any atom is -0.497 e. The Morgan fingerprint density at radius 1 is 1.12 bits per heavy atom. The van der Waals surface area contributed by atoms with Crippen LogP contribution in [-0.2, 0) is 4.79 Å². The summed E-state index contributed by atoms with van der Waals surface area (Å²) in [6.45, 7) is 2.77. The highest BCUT2D eigenvalue weighted by atomic mass is 16.5. The second-order valence-corrected chi connectivity index (χ2v) is 7.70. The normalized spacial score (nSPS) is 30.1. The number of methoxy groups -OCH3 is 2. The summed E-state index contributed by atoms with van der Waals surface area (Å²) in [4.78, 5) is 14.7. The number of carbonyl (C=O) groups is 1. The molecule has 1 aromatic carbocycles. The standard InChI is InChI=1S/C20H28N2O3/c1-24-15-8-14(9-16(10-15)25-2)22-7-6-13(12-22)11-21-20(23)19-17-4-3-5-18(17)19/h8-10,13,17-19H,3-7,11-12H2,1-2H3,(H,21,23)/t13-,17-,18+,19?/m0/s1. The number of anilines is 1. The highest BCUT2D eigenvalue weighted by molar-refractivity contribution is 5.82. The number of fused-ring (bicyclic) bond motifs is 1. The van der Waals surface area contributed by atoms with Gasteiger partial charge in [0, 0.05) is 49.4 Å². The lowest BCUT2D eigenvalue weighted by atomic mass is 10.1. The van der Waals surface area contributed by atoms with Gasteiger partial charge in [-0.15, -0.1) is 0 Å². The molecule has 1 amide bonds. The maximum Gasteiger partial charge on any atom is 0.223 e. The molecule has 1 heterocycles. The van der Waals surface area contributed by atoms with Gasteiger partial charge in [-0.25, -0.2) is 0 Å². The molecule has 1 aromatic rings. The molecule has 1 saturated heterocycles. The van der Waals surface area contributed by atoms with Crippen molar-refractivity contribution in [2.24, 2.45) is 23.7 Å². The Bertz CT molecular complexity index is 616. The van der Waals surface area contributed by atoms with Crippen LogP contribution >= 0.6 is 0 Å². The van der Waals surface area contributed by atoms with Crippen LogP contribution in [-0.4, -0.2) is 39.8 Å². The third-order valence-corrected chi connectivity index (χ3v) is 6.26. The number of benzene rings is 1. The smallest absolute Gasteiger partial charge is 0.223 e. The quantitative estimate of drug-likeness (QED) is 0.862. The zero-order chi connectivity index (χ0) is 17.4. The number of hydrogen-bond donors (Lipinski definition) is 1. The van der Waals surface area contributed by atoms with Gasteiger partial charge >= 0.3 is 0 Å². The molecule has 0 radical (unpaired) electrons. The van der Waals surface area contributed by atoms with E-state index in [0.717, 1.165) is 43.2 Å². The van der Waals surface area contributed by atoms with Gasteiger partial charge in [0.2, 0.25) is 5.91 Å². The van der Waals surface area contributed by atoms with Gasteiger partial charge < -0.3 is 19.7 Å². The largest absolute Gasteiger partial charge is 0.497 e. The summed E-state index contributed by atoms with van der Waals surface area (Å²) in [5.41, 5.74) is 1.13. The average molecular weight is 344 g/mol. The van der Waals surface area contributed by atoms with Gasteiger partial charge in [0.1, 0.15) is 11.5 Å². The number of ether oxygens (including phenoxy) is 2. The molecular weight excluding hydrogens is 316 g/mol. The van der Waals surface area contributed by atoms with Crippen LogP contribution in [0, 0.1) is 23.7 Å². The van der Waals surface area contributed by atoms with Crippen LogP contribution in [0.1, 0.15) is 25.7 Å². The zero-order valence-corrected chi connectivity index (χ0v) is 15.2. The molecule has 25 heavy (non-hydrogen) atoms. The molecule has 0 bridgehead atoms. The molecule has 1 N–H and O–H groups in total. The monoisotopic (exact) mass is 344 g/mol. The topological polar surface area (TPSA) is 50.8 Å². The Kier molecular flexibility index (Phi) is 4.48. The summed E-state index contributed by atoms with van der Waals surface area (Å²) in [6.07, 6.45) is 4.95. The second kappa shape index (κ2) is 6.77. The first-order valence-corrected chi connectivity index (χ1v) is 9.45. The maximum atomic E-state index is 12.3. The highest BCUT2D eigenvalue weighted by Gasteiger charge is 2.56. The molecule has 3 fully saturated rings. The third-order valence-electron chi connectivity index (χ3n) is 6.26. The molecule has 1 unspecified atom stereocenters. The van der Waals surface area contributed by atoms with Crippen LogP contribution in [0.2, 0.25) is 0 Å². The van der Waals surface area contributed by atoms with Crippen molar-refractivity contribution in [2.45, 2.75) is 25.7 Å². The number of rotatable bonds is 6. The first kappa shape index (κ1) is 16.6. The molecule has 1 aliphatic heterocycles. The molecular formula is C20H28N2O3. The fourth-order valence-corrected chi connectivity index (χ4v) is 4.78. The fraction of sp³-hybridized carbons (Fsp3) is 0.650. The van der Waals surface area contributed by atoms with E-state index in [0.29, 0.717) is 29.6 Å². The first-order chi connectivity index (χ1) is 12.2. The van der Waals surface area contributed by atoms with Crippen LogP contribution in [0.5, 0.6) is 11.5 Å². The van der Waals surface area contributed by atoms with Gasteiger partial charge in [-0.2, -0.15) is 0 Å².